The molecule has 0 amide bonds. The molecule has 0 spiro atoms. The Balaban J connectivity index is 1.80. The largest absolute Gasteiger partial charge is 0.481 e. The number of hydrogen-bond donors (Lipinski definition) is 1. The lowest BCUT2D eigenvalue weighted by Gasteiger charge is -2.07. The summed E-state index contributed by atoms with van der Waals surface area (Å²) in [6.45, 7) is 5.92. The average molecular weight is 369 g/mol. The van der Waals surface area contributed by atoms with Gasteiger partial charge in [-0.1, -0.05) is 65.9 Å². The first-order valence-electron chi connectivity index (χ1n) is 8.30. The lowest BCUT2D eigenvalue weighted by Crippen LogP contribution is -2.25. The quantitative estimate of drug-likeness (QED) is 0.574. The van der Waals surface area contributed by atoms with Crippen molar-refractivity contribution in [3.05, 3.63) is 77.9 Å². The third-order valence-corrected chi connectivity index (χ3v) is 4.88. The van der Waals surface area contributed by atoms with Gasteiger partial charge in [0.25, 0.3) is 0 Å². The summed E-state index contributed by atoms with van der Waals surface area (Å²) in [5, 5.41) is 0. The second-order valence-corrected chi connectivity index (χ2v) is 7.62. The minimum Gasteiger partial charge on any atom is -0.481 e. The van der Waals surface area contributed by atoms with E-state index < -0.39 is 10.0 Å². The van der Waals surface area contributed by atoms with Crippen LogP contribution in [-0.4, -0.2) is 21.6 Å². The van der Waals surface area contributed by atoms with Crippen molar-refractivity contribution in [1.82, 2.24) is 4.72 Å². The van der Waals surface area contributed by atoms with Gasteiger partial charge in [-0.15, -0.1) is 6.58 Å². The summed E-state index contributed by atoms with van der Waals surface area (Å²) in [5.41, 5.74) is 2.84. The Morgan fingerprint density at radius 3 is 2.73 bits per heavy atom. The number of aryl methyl sites for hydroxylation is 1. The molecule has 0 aliphatic carbocycles. The van der Waals surface area contributed by atoms with Gasteiger partial charge in [-0.25, -0.2) is 13.1 Å². The molecular weight excluding hydrogens is 346 g/mol. The van der Waals surface area contributed by atoms with Crippen molar-refractivity contribution in [3.63, 3.8) is 0 Å². The summed E-state index contributed by atoms with van der Waals surface area (Å²) >= 11 is 0. The second-order valence-electron chi connectivity index (χ2n) is 5.81. The molecule has 2 aromatic carbocycles. The number of ether oxygens (including phenoxy) is 1. The zero-order valence-corrected chi connectivity index (χ0v) is 15.7. The van der Waals surface area contributed by atoms with Crippen LogP contribution in [0.5, 0.6) is 5.75 Å². The molecule has 0 aromatic heterocycles. The van der Waals surface area contributed by atoms with E-state index in [0.29, 0.717) is 0 Å². The smallest absolute Gasteiger partial charge is 0.216 e. The van der Waals surface area contributed by atoms with Crippen molar-refractivity contribution in [3.8, 4) is 17.6 Å². The van der Waals surface area contributed by atoms with Crippen LogP contribution in [0.25, 0.3) is 0 Å². The first kappa shape index (κ1) is 19.8. The molecule has 2 aromatic rings. The molecule has 136 valence electrons. The van der Waals surface area contributed by atoms with Crippen LogP contribution >= 0.6 is 0 Å². The Kier molecular flexibility index (Phi) is 7.46. The Bertz CT molecular complexity index is 908. The predicted molar refractivity (Wildman–Crippen MR) is 105 cm³/mol. The number of para-hydroxylation sites is 1. The van der Waals surface area contributed by atoms with Gasteiger partial charge < -0.3 is 4.74 Å². The molecule has 0 atom stereocenters. The van der Waals surface area contributed by atoms with E-state index in [0.717, 1.165) is 28.9 Å². The highest BCUT2D eigenvalue weighted by molar-refractivity contribution is 7.88. The summed E-state index contributed by atoms with van der Waals surface area (Å²) in [7, 11) is -3.41. The van der Waals surface area contributed by atoms with E-state index in [-0.39, 0.29) is 18.9 Å². The lowest BCUT2D eigenvalue weighted by molar-refractivity contribution is 0.366. The summed E-state index contributed by atoms with van der Waals surface area (Å²) in [4.78, 5) is 0. The third-order valence-electron chi connectivity index (χ3n) is 3.58. The van der Waals surface area contributed by atoms with E-state index in [4.69, 9.17) is 4.74 Å². The molecule has 0 bridgehead atoms. The van der Waals surface area contributed by atoms with Crippen LogP contribution in [0.2, 0.25) is 0 Å². The van der Waals surface area contributed by atoms with Crippen LogP contribution < -0.4 is 9.46 Å². The second kappa shape index (κ2) is 9.81. The maximum atomic E-state index is 12.1. The van der Waals surface area contributed by atoms with E-state index in [1.165, 1.54) is 0 Å². The van der Waals surface area contributed by atoms with Gasteiger partial charge >= 0.3 is 0 Å². The number of allylic oxidation sites excluding steroid dienone is 1. The molecule has 0 saturated heterocycles. The SMILES string of the molecule is C=CCc1ccccc1OCC#CCNS(=O)(=O)Cc1cccc(C)c1. The number of hydrogen-bond acceptors (Lipinski definition) is 3. The number of benzene rings is 2. The number of rotatable bonds is 8. The van der Waals surface area contributed by atoms with Gasteiger partial charge in [0.2, 0.25) is 10.0 Å². The highest BCUT2D eigenvalue weighted by Gasteiger charge is 2.10. The van der Waals surface area contributed by atoms with Crippen LogP contribution in [-0.2, 0) is 22.2 Å². The average Bonchev–Trinajstić information content (AvgIpc) is 2.59. The summed E-state index contributed by atoms with van der Waals surface area (Å²) < 4.78 is 32.2. The molecule has 0 heterocycles. The van der Waals surface area contributed by atoms with Crippen LogP contribution in [0.15, 0.2) is 61.2 Å². The minimum atomic E-state index is -3.41. The van der Waals surface area contributed by atoms with Gasteiger partial charge in [0.1, 0.15) is 12.4 Å². The first-order chi connectivity index (χ1) is 12.5. The highest BCUT2D eigenvalue weighted by Crippen LogP contribution is 2.18. The van der Waals surface area contributed by atoms with Gasteiger partial charge in [-0.2, -0.15) is 0 Å². The minimum absolute atomic E-state index is 0.0538. The highest BCUT2D eigenvalue weighted by atomic mass is 32.2. The summed E-state index contributed by atoms with van der Waals surface area (Å²) in [6.07, 6.45) is 2.54. The van der Waals surface area contributed by atoms with Crippen LogP contribution in [0.3, 0.4) is 0 Å². The van der Waals surface area contributed by atoms with Crippen molar-refractivity contribution in [1.29, 1.82) is 0 Å². The van der Waals surface area contributed by atoms with E-state index in [2.05, 4.69) is 23.1 Å². The molecule has 4 nitrogen and oxygen atoms in total. The molecule has 26 heavy (non-hydrogen) atoms. The van der Waals surface area contributed by atoms with E-state index in [1.807, 2.05) is 55.5 Å². The van der Waals surface area contributed by atoms with Crippen LogP contribution in [0.1, 0.15) is 16.7 Å². The molecule has 0 fully saturated rings. The topological polar surface area (TPSA) is 55.4 Å². The monoisotopic (exact) mass is 369 g/mol. The summed E-state index contributed by atoms with van der Waals surface area (Å²) in [6, 6.07) is 15.1. The molecule has 0 saturated carbocycles. The maximum Gasteiger partial charge on any atom is 0.216 e. The molecule has 0 radical (unpaired) electrons. The molecule has 0 aliphatic rings. The van der Waals surface area contributed by atoms with Crippen LogP contribution in [0.4, 0.5) is 0 Å². The normalized spacial score (nSPS) is 10.7. The van der Waals surface area contributed by atoms with Gasteiger partial charge in [0, 0.05) is 0 Å². The van der Waals surface area contributed by atoms with Crippen molar-refractivity contribution < 1.29 is 13.2 Å². The molecular formula is C21H23NO3S. The van der Waals surface area contributed by atoms with E-state index in [1.54, 1.807) is 6.07 Å². The fraction of sp³-hybridized carbons (Fsp3) is 0.238. The third kappa shape index (κ3) is 6.75. The first-order valence-corrected chi connectivity index (χ1v) is 9.95. The van der Waals surface area contributed by atoms with Gasteiger partial charge in [0.05, 0.1) is 12.3 Å². The Morgan fingerprint density at radius 1 is 1.15 bits per heavy atom. The fourth-order valence-corrected chi connectivity index (χ4v) is 3.43. The van der Waals surface area contributed by atoms with Gasteiger partial charge in [-0.05, 0) is 30.5 Å². The molecule has 0 aliphatic heterocycles. The van der Waals surface area contributed by atoms with Crippen molar-refractivity contribution in [2.45, 2.75) is 19.1 Å². The molecule has 2 rings (SSSR count). The zero-order chi connectivity index (χ0) is 18.8. The van der Waals surface area contributed by atoms with E-state index >= 15 is 0 Å². The van der Waals surface area contributed by atoms with Gasteiger partial charge in [0.15, 0.2) is 0 Å². The molecule has 5 heteroatoms. The lowest BCUT2D eigenvalue weighted by atomic mass is 10.1. The standard InChI is InChI=1S/C21H23NO3S/c1-3-9-20-12-4-5-13-21(20)25-15-7-6-14-22-26(23,24)17-19-11-8-10-18(2)16-19/h3-5,8,10-13,16,22H,1,9,14-15,17H2,2H3. The fourth-order valence-electron chi connectivity index (χ4n) is 2.41. The predicted octanol–water partition coefficient (Wildman–Crippen LogP) is 3.23. The summed E-state index contributed by atoms with van der Waals surface area (Å²) in [5.74, 6) is 6.31. The zero-order valence-electron chi connectivity index (χ0n) is 14.9. The van der Waals surface area contributed by atoms with Crippen molar-refractivity contribution >= 4 is 10.0 Å². The van der Waals surface area contributed by atoms with Gasteiger partial charge in [-0.3, -0.25) is 0 Å². The maximum absolute atomic E-state index is 12.1. The van der Waals surface area contributed by atoms with Crippen molar-refractivity contribution in [2.24, 2.45) is 0 Å². The number of sulfonamides is 1. The van der Waals surface area contributed by atoms with E-state index in [9.17, 15) is 8.42 Å². The molecule has 1 N–H and O–H groups in total. The van der Waals surface area contributed by atoms with Crippen LogP contribution in [0, 0.1) is 18.8 Å². The Labute approximate surface area is 156 Å². The molecule has 0 unspecified atom stereocenters. The number of nitrogens with one attached hydrogen (secondary N) is 1. The van der Waals surface area contributed by atoms with Crippen molar-refractivity contribution in [2.75, 3.05) is 13.2 Å². The Hall–Kier alpha value is -2.55. The Morgan fingerprint density at radius 2 is 1.96 bits per heavy atom.